The molecule has 3 heteroatoms. The maximum absolute atomic E-state index is 11.6. The molecule has 1 aliphatic heterocycles. The van der Waals surface area contributed by atoms with Crippen molar-refractivity contribution in [3.63, 3.8) is 0 Å². The van der Waals surface area contributed by atoms with E-state index in [9.17, 15) is 4.79 Å². The van der Waals surface area contributed by atoms with Gasteiger partial charge in [0.25, 0.3) is 0 Å². The molecule has 1 saturated carbocycles. The zero-order valence-electron chi connectivity index (χ0n) is 7.79. The fourth-order valence-corrected chi connectivity index (χ4v) is 2.71. The van der Waals surface area contributed by atoms with Gasteiger partial charge in [0.2, 0.25) is 5.91 Å². The molecule has 2 unspecified atom stereocenters. The van der Waals surface area contributed by atoms with E-state index in [0.29, 0.717) is 5.91 Å². The Morgan fingerprint density at radius 2 is 2.00 bits per heavy atom. The molecule has 2 atom stereocenters. The Balaban J connectivity index is 1.81. The highest BCUT2D eigenvalue weighted by Gasteiger charge is 2.46. The summed E-state index contributed by atoms with van der Waals surface area (Å²) in [6.45, 7) is 2.12. The number of hydrogen-bond acceptors (Lipinski definition) is 1. The molecule has 0 radical (unpaired) electrons. The Kier molecular flexibility index (Phi) is 2.07. The van der Waals surface area contributed by atoms with Crippen LogP contribution in [0.3, 0.4) is 0 Å². The van der Waals surface area contributed by atoms with Gasteiger partial charge < -0.3 is 4.90 Å². The number of likely N-dealkylation sites (tertiary alicyclic amines) is 1. The molecule has 0 N–H and O–H groups in total. The Labute approximate surface area is 76.7 Å². The summed E-state index contributed by atoms with van der Waals surface area (Å²) in [7, 11) is -0.0466. The van der Waals surface area contributed by atoms with E-state index in [0.717, 1.165) is 30.7 Å². The van der Waals surface area contributed by atoms with Crippen molar-refractivity contribution in [2.45, 2.75) is 6.42 Å². The Morgan fingerprint density at radius 1 is 1.42 bits per heavy atom. The van der Waals surface area contributed by atoms with Gasteiger partial charge in [-0.2, -0.15) is 0 Å². The average molecular weight is 187 g/mol. The highest BCUT2D eigenvalue weighted by atomic mass is 32.2. The molecule has 2 fully saturated rings. The fourth-order valence-electron chi connectivity index (χ4n) is 1.97. The van der Waals surface area contributed by atoms with Crippen molar-refractivity contribution < 1.29 is 4.79 Å². The van der Waals surface area contributed by atoms with Gasteiger partial charge in [-0.25, -0.2) is 0 Å². The van der Waals surface area contributed by atoms with Crippen LogP contribution in [0.1, 0.15) is 6.42 Å². The SMILES string of the molecule is C[SH](C)CC(=O)N1CC2CC2C1. The zero-order valence-corrected chi connectivity index (χ0v) is 8.68. The number of carbonyl (C=O) groups is 1. The Hall–Kier alpha value is -0.180. The van der Waals surface area contributed by atoms with Gasteiger partial charge in [-0.1, -0.05) is 0 Å². The third-order valence-electron chi connectivity index (χ3n) is 2.78. The predicted octanol–water partition coefficient (Wildman–Crippen LogP) is 0.726. The van der Waals surface area contributed by atoms with Crippen molar-refractivity contribution in [2.75, 3.05) is 31.4 Å². The Morgan fingerprint density at radius 3 is 2.50 bits per heavy atom. The van der Waals surface area contributed by atoms with E-state index in [4.69, 9.17) is 0 Å². The van der Waals surface area contributed by atoms with Crippen molar-refractivity contribution >= 4 is 16.8 Å². The largest absolute Gasteiger partial charge is 0.341 e. The minimum absolute atomic E-state index is 0.0466. The zero-order chi connectivity index (χ0) is 8.72. The first kappa shape index (κ1) is 8.42. The van der Waals surface area contributed by atoms with Crippen molar-refractivity contribution in [1.29, 1.82) is 0 Å². The second-order valence-corrected chi connectivity index (χ2v) is 6.77. The van der Waals surface area contributed by atoms with Crippen molar-refractivity contribution in [2.24, 2.45) is 11.8 Å². The lowest BCUT2D eigenvalue weighted by Crippen LogP contribution is -2.32. The highest BCUT2D eigenvalue weighted by Crippen LogP contribution is 2.45. The van der Waals surface area contributed by atoms with Gasteiger partial charge in [0.1, 0.15) is 0 Å². The first-order valence-corrected chi connectivity index (χ1v) is 7.01. The van der Waals surface area contributed by atoms with Crippen LogP contribution in [0.2, 0.25) is 0 Å². The second kappa shape index (κ2) is 2.95. The van der Waals surface area contributed by atoms with Crippen LogP contribution in [0.25, 0.3) is 0 Å². The molecule has 0 aromatic heterocycles. The molecule has 2 rings (SSSR count). The number of carbonyl (C=O) groups excluding carboxylic acids is 1. The summed E-state index contributed by atoms with van der Waals surface area (Å²) in [6, 6.07) is 0. The molecule has 2 aliphatic rings. The average Bonchev–Trinajstić information content (AvgIpc) is 2.57. The van der Waals surface area contributed by atoms with Crippen molar-refractivity contribution in [3.05, 3.63) is 0 Å². The minimum Gasteiger partial charge on any atom is -0.341 e. The number of nitrogens with zero attached hydrogens (tertiary/aromatic N) is 1. The van der Waals surface area contributed by atoms with Crippen LogP contribution >= 0.6 is 10.9 Å². The van der Waals surface area contributed by atoms with Crippen LogP contribution in [0.5, 0.6) is 0 Å². The van der Waals surface area contributed by atoms with Gasteiger partial charge in [0.05, 0.1) is 5.75 Å². The lowest BCUT2D eigenvalue weighted by molar-refractivity contribution is -0.127. The number of rotatable bonds is 2. The summed E-state index contributed by atoms with van der Waals surface area (Å²) >= 11 is 0. The highest BCUT2D eigenvalue weighted by molar-refractivity contribution is 8.16. The predicted molar refractivity (Wildman–Crippen MR) is 53.9 cm³/mol. The maximum Gasteiger partial charge on any atom is 0.230 e. The van der Waals surface area contributed by atoms with E-state index < -0.39 is 0 Å². The monoisotopic (exact) mass is 187 g/mol. The molecule has 2 nitrogen and oxygen atoms in total. The third kappa shape index (κ3) is 1.60. The molecule has 1 heterocycles. The number of thiol groups is 1. The topological polar surface area (TPSA) is 20.3 Å². The van der Waals surface area contributed by atoms with Gasteiger partial charge in [-0.15, -0.1) is 0 Å². The number of amides is 1. The van der Waals surface area contributed by atoms with E-state index >= 15 is 0 Å². The van der Waals surface area contributed by atoms with Crippen LogP contribution in [0.4, 0.5) is 0 Å². The van der Waals surface area contributed by atoms with Crippen LogP contribution in [0.15, 0.2) is 0 Å². The van der Waals surface area contributed by atoms with E-state index in [-0.39, 0.29) is 10.9 Å². The molecule has 1 amide bonds. The molecule has 0 spiro atoms. The summed E-state index contributed by atoms with van der Waals surface area (Å²) in [6.07, 6.45) is 5.73. The van der Waals surface area contributed by atoms with Crippen molar-refractivity contribution in [1.82, 2.24) is 4.90 Å². The Bertz CT molecular complexity index is 195. The lowest BCUT2D eigenvalue weighted by atomic mass is 10.4. The lowest BCUT2D eigenvalue weighted by Gasteiger charge is -2.19. The van der Waals surface area contributed by atoms with Crippen LogP contribution in [-0.2, 0) is 4.79 Å². The summed E-state index contributed by atoms with van der Waals surface area (Å²) < 4.78 is 0. The van der Waals surface area contributed by atoms with E-state index in [2.05, 4.69) is 17.4 Å². The molecule has 12 heavy (non-hydrogen) atoms. The van der Waals surface area contributed by atoms with Crippen molar-refractivity contribution in [3.8, 4) is 0 Å². The first-order valence-electron chi connectivity index (χ1n) is 4.59. The fraction of sp³-hybridized carbons (Fsp3) is 0.889. The van der Waals surface area contributed by atoms with Gasteiger partial charge in [0.15, 0.2) is 0 Å². The van der Waals surface area contributed by atoms with E-state index in [1.54, 1.807) is 0 Å². The minimum atomic E-state index is -0.0466. The van der Waals surface area contributed by atoms with Crippen LogP contribution in [0, 0.1) is 11.8 Å². The summed E-state index contributed by atoms with van der Waals surface area (Å²) in [5, 5.41) is 0. The molecule has 0 aromatic rings. The smallest absolute Gasteiger partial charge is 0.230 e. The van der Waals surface area contributed by atoms with E-state index in [1.165, 1.54) is 6.42 Å². The molecule has 1 aliphatic carbocycles. The number of piperidine rings is 1. The molecule has 1 saturated heterocycles. The number of hydrogen-bond donors (Lipinski definition) is 1. The second-order valence-electron chi connectivity index (χ2n) is 4.29. The molecule has 0 aromatic carbocycles. The maximum atomic E-state index is 11.6. The van der Waals surface area contributed by atoms with Crippen LogP contribution in [-0.4, -0.2) is 42.2 Å². The quantitative estimate of drug-likeness (QED) is 0.632. The third-order valence-corrected chi connectivity index (χ3v) is 3.69. The molecule has 70 valence electrons. The van der Waals surface area contributed by atoms with Gasteiger partial charge >= 0.3 is 0 Å². The first-order chi connectivity index (χ1) is 5.66. The summed E-state index contributed by atoms with van der Waals surface area (Å²) in [5.41, 5.74) is 0. The summed E-state index contributed by atoms with van der Waals surface area (Å²) in [4.78, 5) is 13.6. The van der Waals surface area contributed by atoms with Gasteiger partial charge in [-0.05, 0) is 30.8 Å². The number of fused-ring (bicyclic) bond motifs is 1. The molecular weight excluding hydrogens is 170 g/mol. The van der Waals surface area contributed by atoms with E-state index in [1.807, 2.05) is 0 Å². The normalized spacial score (nSPS) is 33.2. The van der Waals surface area contributed by atoms with Crippen LogP contribution < -0.4 is 0 Å². The standard InChI is InChI=1S/C9H17NOS/c1-12(2)6-9(11)10-4-7-3-8(7)5-10/h7-8,12H,3-6H2,1-2H3. The van der Waals surface area contributed by atoms with Gasteiger partial charge in [0, 0.05) is 13.1 Å². The molecule has 0 bridgehead atoms. The van der Waals surface area contributed by atoms with Gasteiger partial charge in [-0.3, -0.25) is 15.7 Å². The summed E-state index contributed by atoms with van der Waals surface area (Å²) in [5.74, 6) is 2.97. The molecular formula is C9H17NOS.